The van der Waals surface area contributed by atoms with E-state index in [0.717, 1.165) is 37.5 Å². The van der Waals surface area contributed by atoms with E-state index in [-0.39, 0.29) is 11.9 Å². The molecule has 1 rings (SSSR count). The van der Waals surface area contributed by atoms with Gasteiger partial charge in [0.1, 0.15) is 10.7 Å². The van der Waals surface area contributed by atoms with Crippen molar-refractivity contribution in [2.45, 2.75) is 72.3 Å². The Kier molecular flexibility index (Phi) is 11.7. The van der Waals surface area contributed by atoms with E-state index in [0.29, 0.717) is 18.2 Å². The van der Waals surface area contributed by atoms with Crippen LogP contribution in [0.15, 0.2) is 5.38 Å². The van der Waals surface area contributed by atoms with Crippen LogP contribution in [-0.4, -0.2) is 42.0 Å². The third kappa shape index (κ3) is 9.10. The van der Waals surface area contributed by atoms with Crippen molar-refractivity contribution in [2.24, 2.45) is 11.7 Å². The Hall–Kier alpha value is -0.980. The normalized spacial score (nSPS) is 12.7. The summed E-state index contributed by atoms with van der Waals surface area (Å²) in [4.78, 5) is 19.2. The van der Waals surface area contributed by atoms with Crippen molar-refractivity contribution < 1.29 is 4.79 Å². The van der Waals surface area contributed by atoms with Crippen molar-refractivity contribution in [3.05, 3.63) is 16.1 Å². The molecule has 6 heteroatoms. The highest BCUT2D eigenvalue weighted by atomic mass is 32.1. The van der Waals surface area contributed by atoms with Crippen molar-refractivity contribution in [1.82, 2.24) is 15.2 Å². The van der Waals surface area contributed by atoms with Crippen LogP contribution in [0.1, 0.15) is 87.8 Å². The van der Waals surface area contributed by atoms with Gasteiger partial charge in [-0.1, -0.05) is 40.5 Å². The van der Waals surface area contributed by atoms with Crippen LogP contribution in [0.25, 0.3) is 0 Å². The first-order valence-corrected chi connectivity index (χ1v) is 11.1. The lowest BCUT2D eigenvalue weighted by molar-refractivity contribution is 0.0947. The number of rotatable bonds is 14. The maximum atomic E-state index is 12.3. The zero-order chi connectivity index (χ0) is 19.4. The van der Waals surface area contributed by atoms with E-state index < -0.39 is 0 Å². The highest BCUT2D eigenvalue weighted by Gasteiger charge is 2.16. The summed E-state index contributed by atoms with van der Waals surface area (Å²) < 4.78 is 0. The maximum Gasteiger partial charge on any atom is 0.270 e. The van der Waals surface area contributed by atoms with Gasteiger partial charge in [-0.15, -0.1) is 11.3 Å². The van der Waals surface area contributed by atoms with Gasteiger partial charge in [-0.05, 0) is 51.2 Å². The van der Waals surface area contributed by atoms with Crippen molar-refractivity contribution in [2.75, 3.05) is 26.2 Å². The van der Waals surface area contributed by atoms with Crippen LogP contribution in [0.3, 0.4) is 0 Å². The minimum Gasteiger partial charge on any atom is -0.351 e. The Morgan fingerprint density at radius 3 is 2.38 bits per heavy atom. The molecule has 1 amide bonds. The van der Waals surface area contributed by atoms with E-state index in [1.54, 1.807) is 0 Å². The van der Waals surface area contributed by atoms with Gasteiger partial charge in [0.2, 0.25) is 0 Å². The summed E-state index contributed by atoms with van der Waals surface area (Å²) in [5, 5.41) is 5.67. The highest BCUT2D eigenvalue weighted by molar-refractivity contribution is 7.09. The number of amides is 1. The van der Waals surface area contributed by atoms with Gasteiger partial charge in [0.25, 0.3) is 5.91 Å². The summed E-state index contributed by atoms with van der Waals surface area (Å²) in [6.07, 6.45) is 6.81. The van der Waals surface area contributed by atoms with Gasteiger partial charge < -0.3 is 16.0 Å². The minimum absolute atomic E-state index is 0.0766. The summed E-state index contributed by atoms with van der Waals surface area (Å²) in [5.41, 5.74) is 6.65. The molecule has 0 spiro atoms. The number of nitrogens with one attached hydrogen (secondary N) is 1. The van der Waals surface area contributed by atoms with Crippen LogP contribution in [-0.2, 0) is 0 Å². The summed E-state index contributed by atoms with van der Waals surface area (Å²) in [6.45, 7) is 12.8. The quantitative estimate of drug-likeness (QED) is 0.473. The molecular weight excluding hydrogens is 344 g/mol. The molecule has 0 saturated heterocycles. The van der Waals surface area contributed by atoms with Crippen LogP contribution in [0.5, 0.6) is 0 Å². The fraction of sp³-hybridized carbons (Fsp3) is 0.800. The van der Waals surface area contributed by atoms with Gasteiger partial charge in [-0.2, -0.15) is 0 Å². The third-order valence-corrected chi connectivity index (χ3v) is 5.37. The maximum absolute atomic E-state index is 12.3. The van der Waals surface area contributed by atoms with E-state index in [2.05, 4.69) is 42.9 Å². The van der Waals surface area contributed by atoms with Gasteiger partial charge in [0, 0.05) is 11.9 Å². The molecule has 1 unspecified atom stereocenters. The van der Waals surface area contributed by atoms with Gasteiger partial charge in [-0.25, -0.2) is 4.98 Å². The number of carbonyl (C=O) groups is 1. The van der Waals surface area contributed by atoms with Gasteiger partial charge in [-0.3, -0.25) is 4.79 Å². The SMILES string of the molecule is CCCCN(CCCC)CCCNC(=O)c1csc(C(N)CC(C)C)n1. The number of hydrogen-bond acceptors (Lipinski definition) is 5. The molecule has 26 heavy (non-hydrogen) atoms. The van der Waals surface area contributed by atoms with E-state index in [9.17, 15) is 4.79 Å². The van der Waals surface area contributed by atoms with Crippen molar-refractivity contribution in [1.29, 1.82) is 0 Å². The summed E-state index contributed by atoms with van der Waals surface area (Å²) in [6, 6.07) is -0.0766. The molecule has 0 bridgehead atoms. The number of unbranched alkanes of at least 4 members (excludes halogenated alkanes) is 2. The number of nitrogens with two attached hydrogens (primary N) is 1. The highest BCUT2D eigenvalue weighted by Crippen LogP contribution is 2.22. The van der Waals surface area contributed by atoms with Gasteiger partial charge in [0.15, 0.2) is 0 Å². The number of nitrogens with zero attached hydrogens (tertiary/aromatic N) is 2. The molecular formula is C20H38N4OS. The predicted molar refractivity (Wildman–Crippen MR) is 112 cm³/mol. The summed E-state index contributed by atoms with van der Waals surface area (Å²) in [7, 11) is 0. The Bertz CT molecular complexity index is 496. The summed E-state index contributed by atoms with van der Waals surface area (Å²) >= 11 is 1.49. The van der Waals surface area contributed by atoms with Crippen LogP contribution in [0.4, 0.5) is 0 Å². The molecule has 0 saturated carbocycles. The molecule has 0 radical (unpaired) electrons. The van der Waals surface area contributed by atoms with Crippen LogP contribution < -0.4 is 11.1 Å². The smallest absolute Gasteiger partial charge is 0.270 e. The molecule has 0 aliphatic heterocycles. The van der Waals surface area contributed by atoms with Crippen LogP contribution in [0.2, 0.25) is 0 Å². The van der Waals surface area contributed by atoms with Crippen LogP contribution in [0, 0.1) is 5.92 Å². The first kappa shape index (κ1) is 23.1. The molecule has 1 atom stereocenters. The lowest BCUT2D eigenvalue weighted by Gasteiger charge is -2.21. The zero-order valence-corrected chi connectivity index (χ0v) is 17.9. The molecule has 0 fully saturated rings. The Morgan fingerprint density at radius 2 is 1.81 bits per heavy atom. The second-order valence-electron chi connectivity index (χ2n) is 7.47. The minimum atomic E-state index is -0.0853. The number of carbonyl (C=O) groups excluding carboxylic acids is 1. The zero-order valence-electron chi connectivity index (χ0n) is 17.1. The Morgan fingerprint density at radius 1 is 1.19 bits per heavy atom. The van der Waals surface area contributed by atoms with E-state index >= 15 is 0 Å². The Balaban J connectivity index is 2.35. The van der Waals surface area contributed by atoms with E-state index in [1.807, 2.05) is 5.38 Å². The fourth-order valence-electron chi connectivity index (χ4n) is 2.86. The standard InChI is InChI=1S/C20H38N4OS/c1-5-7-11-24(12-8-6-2)13-9-10-22-19(25)18-15-26-20(23-18)17(21)14-16(3)4/h15-17H,5-14,21H2,1-4H3,(H,22,25). The topological polar surface area (TPSA) is 71.2 Å². The molecule has 150 valence electrons. The lowest BCUT2D eigenvalue weighted by Crippen LogP contribution is -2.31. The number of thiazole rings is 1. The van der Waals surface area contributed by atoms with Gasteiger partial charge >= 0.3 is 0 Å². The Labute approximate surface area is 163 Å². The van der Waals surface area contributed by atoms with Crippen molar-refractivity contribution in [3.63, 3.8) is 0 Å². The molecule has 1 aromatic heterocycles. The molecule has 0 aliphatic carbocycles. The van der Waals surface area contributed by atoms with Gasteiger partial charge in [0.05, 0.1) is 6.04 Å². The van der Waals surface area contributed by atoms with Crippen molar-refractivity contribution in [3.8, 4) is 0 Å². The average molecular weight is 383 g/mol. The largest absolute Gasteiger partial charge is 0.351 e. The third-order valence-electron chi connectivity index (χ3n) is 4.39. The van der Waals surface area contributed by atoms with Crippen molar-refractivity contribution >= 4 is 17.2 Å². The molecule has 3 N–H and O–H groups in total. The first-order chi connectivity index (χ1) is 12.5. The molecule has 0 aromatic carbocycles. The molecule has 1 heterocycles. The molecule has 0 aliphatic rings. The average Bonchev–Trinajstić information content (AvgIpc) is 3.09. The number of aromatic nitrogens is 1. The molecule has 1 aromatic rings. The monoisotopic (exact) mass is 382 g/mol. The summed E-state index contributed by atoms with van der Waals surface area (Å²) in [5.74, 6) is 0.437. The second kappa shape index (κ2) is 13.2. The van der Waals surface area contributed by atoms with E-state index in [1.165, 1.54) is 37.0 Å². The second-order valence-corrected chi connectivity index (χ2v) is 8.35. The first-order valence-electron chi connectivity index (χ1n) is 10.2. The lowest BCUT2D eigenvalue weighted by atomic mass is 10.1. The van der Waals surface area contributed by atoms with E-state index in [4.69, 9.17) is 5.73 Å². The predicted octanol–water partition coefficient (Wildman–Crippen LogP) is 4.21. The number of hydrogen-bond donors (Lipinski definition) is 2. The fourth-order valence-corrected chi connectivity index (χ4v) is 3.68. The molecule has 5 nitrogen and oxygen atoms in total. The van der Waals surface area contributed by atoms with Crippen LogP contribution >= 0.6 is 11.3 Å².